The molecule has 7 rings (SSSR count). The maximum atomic E-state index is 6.04. The quantitative estimate of drug-likeness (QED) is 0.224. The number of fused-ring (bicyclic) bond motifs is 3. The second-order valence-electron chi connectivity index (χ2n) is 11.2. The van der Waals surface area contributed by atoms with E-state index in [0.29, 0.717) is 5.89 Å². The Labute approximate surface area is 228 Å². The fourth-order valence-corrected chi connectivity index (χ4v) is 5.65. The summed E-state index contributed by atoms with van der Waals surface area (Å²) in [5, 5.41) is 5.06. The van der Waals surface area contributed by atoms with Crippen LogP contribution in [0.2, 0.25) is 0 Å². The molecule has 0 saturated heterocycles. The topological polar surface area (TPSA) is 26.0 Å². The van der Waals surface area contributed by atoms with Crippen molar-refractivity contribution in [3.8, 4) is 33.7 Å². The average Bonchev–Trinajstić information content (AvgIpc) is 3.40. The molecule has 0 fully saturated rings. The van der Waals surface area contributed by atoms with Gasteiger partial charge in [-0.05, 0) is 85.1 Å². The largest absolute Gasteiger partial charge is 0.436 e. The summed E-state index contributed by atoms with van der Waals surface area (Å²) in [6.07, 6.45) is 0. The van der Waals surface area contributed by atoms with Crippen molar-refractivity contribution in [1.29, 1.82) is 0 Å². The normalized spacial score (nSPS) is 12.0. The van der Waals surface area contributed by atoms with Crippen LogP contribution < -0.4 is 0 Å². The molecule has 0 bridgehead atoms. The highest BCUT2D eigenvalue weighted by Crippen LogP contribution is 2.45. The van der Waals surface area contributed by atoms with E-state index in [9.17, 15) is 0 Å². The minimum atomic E-state index is 0.0508. The van der Waals surface area contributed by atoms with Gasteiger partial charge in [0.2, 0.25) is 5.89 Å². The number of nitrogens with zero attached hydrogens (tertiary/aromatic N) is 1. The zero-order chi connectivity index (χ0) is 26.6. The van der Waals surface area contributed by atoms with Crippen molar-refractivity contribution in [1.82, 2.24) is 4.98 Å². The summed E-state index contributed by atoms with van der Waals surface area (Å²) in [7, 11) is 0. The molecule has 0 aliphatic carbocycles. The average molecular weight is 504 g/mol. The Morgan fingerprint density at radius 2 is 1.08 bits per heavy atom. The molecule has 0 amide bonds. The summed E-state index contributed by atoms with van der Waals surface area (Å²) in [4.78, 5) is 4.70. The van der Waals surface area contributed by atoms with Crippen LogP contribution in [0.15, 0.2) is 126 Å². The molecule has 0 aliphatic heterocycles. The molecule has 0 unspecified atom stereocenters. The third-order valence-corrected chi connectivity index (χ3v) is 7.67. The Bertz CT molecular complexity index is 1940. The monoisotopic (exact) mass is 503 g/mol. The lowest BCUT2D eigenvalue weighted by Crippen LogP contribution is -2.10. The lowest BCUT2D eigenvalue weighted by molar-refractivity contribution is 0.591. The van der Waals surface area contributed by atoms with Crippen LogP contribution in [0.3, 0.4) is 0 Å². The van der Waals surface area contributed by atoms with Crippen molar-refractivity contribution in [3.05, 3.63) is 127 Å². The summed E-state index contributed by atoms with van der Waals surface area (Å²) >= 11 is 0. The predicted molar refractivity (Wildman–Crippen MR) is 164 cm³/mol. The van der Waals surface area contributed by atoms with Crippen LogP contribution in [0.25, 0.3) is 66.4 Å². The maximum absolute atomic E-state index is 6.04. The standard InChI is InChI=1S/C37H29NO/c1-37(2,3)27-21-22-30-31(23-27)35(24-11-5-4-6-12-24)29-14-8-7-13-28(29)34(30)25-17-19-26(20-18-25)36-38-32-15-9-10-16-33(32)39-36/h4-23H,1-3H3. The van der Waals surface area contributed by atoms with E-state index in [0.717, 1.165) is 16.7 Å². The van der Waals surface area contributed by atoms with Crippen LogP contribution in [0.5, 0.6) is 0 Å². The molecule has 0 aliphatic rings. The van der Waals surface area contributed by atoms with Crippen molar-refractivity contribution in [2.45, 2.75) is 26.2 Å². The SMILES string of the molecule is CC(C)(C)c1ccc2c(-c3ccc(-c4nc5ccccc5o4)cc3)c3ccccc3c(-c3ccccc3)c2c1. The number of benzene rings is 6. The molecule has 0 N–H and O–H groups in total. The van der Waals surface area contributed by atoms with Crippen LogP contribution in [-0.2, 0) is 5.41 Å². The fraction of sp³-hybridized carbons (Fsp3) is 0.108. The highest BCUT2D eigenvalue weighted by Gasteiger charge is 2.20. The van der Waals surface area contributed by atoms with E-state index in [2.05, 4.69) is 118 Å². The zero-order valence-electron chi connectivity index (χ0n) is 22.4. The van der Waals surface area contributed by atoms with Crippen molar-refractivity contribution in [3.63, 3.8) is 0 Å². The first-order chi connectivity index (χ1) is 19.0. The van der Waals surface area contributed by atoms with Gasteiger partial charge in [0.15, 0.2) is 5.58 Å². The molecule has 6 aromatic carbocycles. The number of hydrogen-bond acceptors (Lipinski definition) is 2. The summed E-state index contributed by atoms with van der Waals surface area (Å²) in [6, 6.07) is 43.1. The van der Waals surface area contributed by atoms with Gasteiger partial charge in [0.05, 0.1) is 0 Å². The van der Waals surface area contributed by atoms with Crippen molar-refractivity contribution < 1.29 is 4.42 Å². The van der Waals surface area contributed by atoms with E-state index in [1.165, 1.54) is 49.4 Å². The van der Waals surface area contributed by atoms with Gasteiger partial charge in [-0.15, -0.1) is 0 Å². The van der Waals surface area contributed by atoms with Crippen LogP contribution >= 0.6 is 0 Å². The third kappa shape index (κ3) is 4.00. The predicted octanol–water partition coefficient (Wildman–Crippen LogP) is 10.4. The van der Waals surface area contributed by atoms with Gasteiger partial charge in [0.25, 0.3) is 0 Å². The first-order valence-corrected chi connectivity index (χ1v) is 13.5. The highest BCUT2D eigenvalue weighted by molar-refractivity contribution is 6.21. The van der Waals surface area contributed by atoms with Crippen LogP contribution in [0.4, 0.5) is 0 Å². The van der Waals surface area contributed by atoms with Crippen molar-refractivity contribution in [2.24, 2.45) is 0 Å². The third-order valence-electron chi connectivity index (χ3n) is 7.67. The number of para-hydroxylation sites is 2. The first-order valence-electron chi connectivity index (χ1n) is 13.5. The van der Waals surface area contributed by atoms with E-state index in [1.54, 1.807) is 0 Å². The number of oxazole rings is 1. The highest BCUT2D eigenvalue weighted by atomic mass is 16.3. The van der Waals surface area contributed by atoms with E-state index in [4.69, 9.17) is 9.40 Å². The van der Waals surface area contributed by atoms with Gasteiger partial charge in [-0.1, -0.05) is 112 Å². The van der Waals surface area contributed by atoms with E-state index in [-0.39, 0.29) is 5.41 Å². The minimum Gasteiger partial charge on any atom is -0.436 e. The molecular weight excluding hydrogens is 474 g/mol. The lowest BCUT2D eigenvalue weighted by Gasteiger charge is -2.23. The lowest BCUT2D eigenvalue weighted by atomic mass is 9.81. The molecule has 1 aromatic heterocycles. The Morgan fingerprint density at radius 3 is 1.77 bits per heavy atom. The second kappa shape index (κ2) is 8.96. The molecule has 188 valence electrons. The Hall–Kier alpha value is -4.69. The van der Waals surface area contributed by atoms with Gasteiger partial charge in [-0.3, -0.25) is 0 Å². The zero-order valence-corrected chi connectivity index (χ0v) is 22.4. The molecule has 0 spiro atoms. The molecule has 0 radical (unpaired) electrons. The van der Waals surface area contributed by atoms with E-state index in [1.807, 2.05) is 24.3 Å². The van der Waals surface area contributed by atoms with E-state index < -0.39 is 0 Å². The summed E-state index contributed by atoms with van der Waals surface area (Å²) in [5.74, 6) is 0.645. The summed E-state index contributed by atoms with van der Waals surface area (Å²) < 4.78 is 6.04. The molecule has 39 heavy (non-hydrogen) atoms. The van der Waals surface area contributed by atoms with Crippen LogP contribution in [0, 0.1) is 0 Å². The van der Waals surface area contributed by atoms with Gasteiger partial charge < -0.3 is 4.42 Å². The number of rotatable bonds is 3. The van der Waals surface area contributed by atoms with Gasteiger partial charge in [0.1, 0.15) is 5.52 Å². The molecule has 2 nitrogen and oxygen atoms in total. The molecule has 2 heteroatoms. The first kappa shape index (κ1) is 23.4. The maximum Gasteiger partial charge on any atom is 0.227 e. The summed E-state index contributed by atoms with van der Waals surface area (Å²) in [5.41, 5.74) is 9.00. The Balaban J connectivity index is 1.49. The van der Waals surface area contributed by atoms with Crippen molar-refractivity contribution in [2.75, 3.05) is 0 Å². The molecular formula is C37H29NO. The molecule has 0 atom stereocenters. The van der Waals surface area contributed by atoms with Crippen LogP contribution in [0.1, 0.15) is 26.3 Å². The number of hydrogen-bond donors (Lipinski definition) is 0. The minimum absolute atomic E-state index is 0.0508. The van der Waals surface area contributed by atoms with E-state index >= 15 is 0 Å². The molecule has 7 aromatic rings. The van der Waals surface area contributed by atoms with Gasteiger partial charge in [0, 0.05) is 5.56 Å². The Morgan fingerprint density at radius 1 is 0.513 bits per heavy atom. The summed E-state index contributed by atoms with van der Waals surface area (Å²) in [6.45, 7) is 6.84. The fourth-order valence-electron chi connectivity index (χ4n) is 5.65. The van der Waals surface area contributed by atoms with Gasteiger partial charge in [-0.25, -0.2) is 4.98 Å². The number of aromatic nitrogens is 1. The molecule has 1 heterocycles. The molecule has 0 saturated carbocycles. The Kier molecular flexibility index (Phi) is 5.38. The second-order valence-corrected chi connectivity index (χ2v) is 11.2. The van der Waals surface area contributed by atoms with Gasteiger partial charge >= 0.3 is 0 Å². The van der Waals surface area contributed by atoms with Crippen LogP contribution in [-0.4, -0.2) is 4.98 Å². The van der Waals surface area contributed by atoms with Crippen molar-refractivity contribution >= 4 is 32.6 Å². The smallest absolute Gasteiger partial charge is 0.227 e. The van der Waals surface area contributed by atoms with Gasteiger partial charge in [-0.2, -0.15) is 0 Å².